The van der Waals surface area contributed by atoms with Crippen LogP contribution in [0.1, 0.15) is 12.0 Å². The summed E-state index contributed by atoms with van der Waals surface area (Å²) in [6.07, 6.45) is -0.289. The minimum atomic E-state index is -3.96. The van der Waals surface area contributed by atoms with Crippen LogP contribution in [0.2, 0.25) is 0 Å². The van der Waals surface area contributed by atoms with Gasteiger partial charge in [0.2, 0.25) is 12.0 Å². The Labute approximate surface area is 162 Å². The molecular weight excluding hydrogens is 384 g/mol. The molecule has 1 N–H and O–H groups in total. The van der Waals surface area contributed by atoms with Crippen molar-refractivity contribution < 1.29 is 27.5 Å². The SMILES string of the molecule is COC(=O)[C@@H]1CN(S(=O)(=O)c2ccc3c(c2)CCC(=O)N3)c2ccccc2O1. The molecule has 28 heavy (non-hydrogen) atoms. The molecule has 0 aliphatic carbocycles. The topological polar surface area (TPSA) is 102 Å². The highest BCUT2D eigenvalue weighted by Crippen LogP contribution is 2.37. The number of aryl methyl sites for hydroxylation is 1. The van der Waals surface area contributed by atoms with Crippen molar-refractivity contribution in [1.29, 1.82) is 0 Å². The Bertz CT molecular complexity index is 1070. The number of sulfonamides is 1. The van der Waals surface area contributed by atoms with Crippen LogP contribution in [0.25, 0.3) is 0 Å². The third-order valence-electron chi connectivity index (χ3n) is 4.76. The van der Waals surface area contributed by atoms with Gasteiger partial charge < -0.3 is 14.8 Å². The summed E-state index contributed by atoms with van der Waals surface area (Å²) in [5.41, 5.74) is 1.73. The highest BCUT2D eigenvalue weighted by atomic mass is 32.2. The molecule has 2 aromatic rings. The van der Waals surface area contributed by atoms with Gasteiger partial charge in [-0.05, 0) is 42.3 Å². The number of nitrogens with one attached hydrogen (secondary N) is 1. The van der Waals surface area contributed by atoms with Crippen molar-refractivity contribution in [1.82, 2.24) is 0 Å². The molecule has 0 unspecified atom stereocenters. The second-order valence-electron chi connectivity index (χ2n) is 6.50. The van der Waals surface area contributed by atoms with E-state index in [4.69, 9.17) is 9.47 Å². The van der Waals surface area contributed by atoms with Crippen LogP contribution in [-0.4, -0.2) is 40.1 Å². The van der Waals surface area contributed by atoms with Gasteiger partial charge in [0.05, 0.1) is 24.2 Å². The maximum Gasteiger partial charge on any atom is 0.348 e. The lowest BCUT2D eigenvalue weighted by molar-refractivity contribution is -0.148. The summed E-state index contributed by atoms with van der Waals surface area (Å²) in [6.45, 7) is -0.195. The number of amides is 1. The minimum Gasteiger partial charge on any atom is -0.475 e. The molecule has 4 rings (SSSR count). The van der Waals surface area contributed by atoms with Gasteiger partial charge in [0, 0.05) is 12.1 Å². The van der Waals surface area contributed by atoms with Crippen LogP contribution in [0.15, 0.2) is 47.4 Å². The predicted octanol–water partition coefficient (Wildman–Crippen LogP) is 1.70. The maximum atomic E-state index is 13.4. The third-order valence-corrected chi connectivity index (χ3v) is 6.53. The number of fused-ring (bicyclic) bond motifs is 2. The summed E-state index contributed by atoms with van der Waals surface area (Å²) < 4.78 is 38.3. The summed E-state index contributed by atoms with van der Waals surface area (Å²) in [4.78, 5) is 23.6. The predicted molar refractivity (Wildman–Crippen MR) is 101 cm³/mol. The maximum absolute atomic E-state index is 13.4. The Morgan fingerprint density at radius 3 is 2.79 bits per heavy atom. The molecule has 8 nitrogen and oxygen atoms in total. The van der Waals surface area contributed by atoms with Crippen molar-refractivity contribution >= 4 is 33.3 Å². The van der Waals surface area contributed by atoms with E-state index in [0.29, 0.717) is 24.2 Å². The van der Waals surface area contributed by atoms with E-state index in [0.717, 1.165) is 9.87 Å². The van der Waals surface area contributed by atoms with Crippen LogP contribution < -0.4 is 14.4 Å². The first-order valence-electron chi connectivity index (χ1n) is 8.69. The number of carbonyl (C=O) groups excluding carboxylic acids is 2. The normalized spacial score (nSPS) is 18.4. The smallest absolute Gasteiger partial charge is 0.348 e. The number of benzene rings is 2. The Balaban J connectivity index is 1.76. The Kier molecular flexibility index (Phi) is 4.46. The highest BCUT2D eigenvalue weighted by Gasteiger charge is 2.38. The lowest BCUT2D eigenvalue weighted by Crippen LogP contribution is -2.47. The van der Waals surface area contributed by atoms with E-state index in [9.17, 15) is 18.0 Å². The van der Waals surface area contributed by atoms with Crippen molar-refractivity contribution in [3.63, 3.8) is 0 Å². The van der Waals surface area contributed by atoms with E-state index in [1.807, 2.05) is 0 Å². The second kappa shape index (κ2) is 6.83. The molecule has 1 atom stereocenters. The molecule has 0 saturated carbocycles. The lowest BCUT2D eigenvalue weighted by atomic mass is 10.0. The molecule has 0 saturated heterocycles. The third kappa shape index (κ3) is 3.07. The molecule has 0 spiro atoms. The zero-order chi connectivity index (χ0) is 19.9. The van der Waals surface area contributed by atoms with Gasteiger partial charge in [0.15, 0.2) is 0 Å². The lowest BCUT2D eigenvalue weighted by Gasteiger charge is -2.34. The Morgan fingerprint density at radius 2 is 2.00 bits per heavy atom. The molecule has 0 radical (unpaired) electrons. The van der Waals surface area contributed by atoms with Crippen molar-refractivity contribution in [2.45, 2.75) is 23.8 Å². The molecule has 0 fully saturated rings. The zero-order valence-corrected chi connectivity index (χ0v) is 15.9. The van der Waals surface area contributed by atoms with Crippen LogP contribution >= 0.6 is 0 Å². The molecule has 0 aromatic heterocycles. The first-order chi connectivity index (χ1) is 13.4. The van der Waals surface area contributed by atoms with Gasteiger partial charge >= 0.3 is 5.97 Å². The van der Waals surface area contributed by atoms with Gasteiger partial charge in [0.25, 0.3) is 10.0 Å². The molecule has 2 heterocycles. The van der Waals surface area contributed by atoms with E-state index >= 15 is 0 Å². The van der Waals surface area contributed by atoms with Crippen LogP contribution in [0.5, 0.6) is 5.75 Å². The largest absolute Gasteiger partial charge is 0.475 e. The van der Waals surface area contributed by atoms with Gasteiger partial charge in [-0.2, -0.15) is 0 Å². The summed E-state index contributed by atoms with van der Waals surface area (Å²) in [5.74, 6) is -0.452. The van der Waals surface area contributed by atoms with Gasteiger partial charge in [-0.15, -0.1) is 0 Å². The van der Waals surface area contributed by atoms with Gasteiger partial charge in [-0.25, -0.2) is 13.2 Å². The number of esters is 1. The van der Waals surface area contributed by atoms with E-state index in [1.165, 1.54) is 13.2 Å². The number of hydrogen-bond acceptors (Lipinski definition) is 6. The molecule has 1 amide bonds. The first-order valence-corrected chi connectivity index (χ1v) is 10.1. The Hall–Kier alpha value is -3.07. The number of nitrogens with zero attached hydrogens (tertiary/aromatic N) is 1. The van der Waals surface area contributed by atoms with Crippen LogP contribution in [0.4, 0.5) is 11.4 Å². The Morgan fingerprint density at radius 1 is 1.21 bits per heavy atom. The first kappa shape index (κ1) is 18.3. The molecule has 0 bridgehead atoms. The van der Waals surface area contributed by atoms with Gasteiger partial charge in [0.1, 0.15) is 5.75 Å². The quantitative estimate of drug-likeness (QED) is 0.784. The molecular formula is C19H18N2O6S. The van der Waals surface area contributed by atoms with Crippen LogP contribution in [0.3, 0.4) is 0 Å². The number of anilines is 2. The van der Waals surface area contributed by atoms with Crippen LogP contribution in [-0.2, 0) is 30.8 Å². The molecule has 2 aliphatic rings. The number of carbonyl (C=O) groups is 2. The fourth-order valence-electron chi connectivity index (χ4n) is 3.33. The number of para-hydroxylation sites is 2. The summed E-state index contributed by atoms with van der Waals surface area (Å²) in [7, 11) is -2.74. The number of hydrogen-bond donors (Lipinski definition) is 1. The fraction of sp³-hybridized carbons (Fsp3) is 0.263. The van der Waals surface area contributed by atoms with Gasteiger partial charge in [-0.3, -0.25) is 9.10 Å². The number of rotatable bonds is 3. The molecule has 2 aliphatic heterocycles. The molecule has 2 aromatic carbocycles. The van der Waals surface area contributed by atoms with Crippen LogP contribution in [0, 0.1) is 0 Å². The van der Waals surface area contributed by atoms with Crippen molar-refractivity contribution in [2.75, 3.05) is 23.3 Å². The monoisotopic (exact) mass is 402 g/mol. The van der Waals surface area contributed by atoms with E-state index in [1.54, 1.807) is 36.4 Å². The summed E-state index contributed by atoms with van der Waals surface area (Å²) in [5, 5.41) is 2.73. The second-order valence-corrected chi connectivity index (χ2v) is 8.36. The molecule has 146 valence electrons. The average Bonchev–Trinajstić information content (AvgIpc) is 2.71. The van der Waals surface area contributed by atoms with Crippen molar-refractivity contribution in [3.8, 4) is 5.75 Å². The van der Waals surface area contributed by atoms with Gasteiger partial charge in [-0.1, -0.05) is 12.1 Å². The van der Waals surface area contributed by atoms with E-state index in [2.05, 4.69) is 5.32 Å². The zero-order valence-electron chi connectivity index (χ0n) is 15.0. The number of methoxy groups -OCH3 is 1. The minimum absolute atomic E-state index is 0.0858. The highest BCUT2D eigenvalue weighted by molar-refractivity contribution is 7.92. The number of ether oxygens (including phenoxy) is 2. The van der Waals surface area contributed by atoms with E-state index < -0.39 is 22.1 Å². The standard InChI is InChI=1S/C19H18N2O6S/c1-26-19(23)17-11-21(15-4-2-3-5-16(15)27-17)28(24,25)13-7-8-14-12(10-13)6-9-18(22)20-14/h2-5,7-8,10,17H,6,9,11H2,1H3,(H,20,22)/t17-/m0/s1. The van der Waals surface area contributed by atoms with Crippen molar-refractivity contribution in [2.24, 2.45) is 0 Å². The fourth-order valence-corrected chi connectivity index (χ4v) is 4.86. The average molecular weight is 402 g/mol. The summed E-state index contributed by atoms with van der Waals surface area (Å²) in [6, 6.07) is 11.2. The molecule has 9 heteroatoms. The summed E-state index contributed by atoms with van der Waals surface area (Å²) >= 11 is 0. The van der Waals surface area contributed by atoms with Crippen molar-refractivity contribution in [3.05, 3.63) is 48.0 Å². The van der Waals surface area contributed by atoms with E-state index in [-0.39, 0.29) is 23.1 Å².